The van der Waals surface area contributed by atoms with Crippen LogP contribution in [0.3, 0.4) is 0 Å². The zero-order valence-electron chi connectivity index (χ0n) is 13.6. The first-order chi connectivity index (χ1) is 9.95. The molecular formula is C17H25N3O. The molecule has 0 aliphatic rings. The third-order valence-electron chi connectivity index (χ3n) is 3.19. The summed E-state index contributed by atoms with van der Waals surface area (Å²) in [6, 6.07) is 8.08. The summed E-state index contributed by atoms with van der Waals surface area (Å²) in [4.78, 5) is 0. The normalized spacial score (nSPS) is 11.2. The van der Waals surface area contributed by atoms with E-state index in [0.717, 1.165) is 23.7 Å². The second-order valence-corrected chi connectivity index (χ2v) is 5.91. The van der Waals surface area contributed by atoms with Gasteiger partial charge in [-0.3, -0.25) is 4.68 Å². The molecule has 2 aromatic rings. The van der Waals surface area contributed by atoms with Crippen LogP contribution in [0.2, 0.25) is 0 Å². The first-order valence-electron chi connectivity index (χ1n) is 7.48. The molecule has 0 spiro atoms. The van der Waals surface area contributed by atoms with Gasteiger partial charge in [-0.15, -0.1) is 0 Å². The highest BCUT2D eigenvalue weighted by molar-refractivity contribution is 5.47. The fraction of sp³-hybridized carbons (Fsp3) is 0.471. The fourth-order valence-electron chi connectivity index (χ4n) is 2.30. The molecule has 1 N–H and O–H groups in total. The Kier molecular flexibility index (Phi) is 4.89. The maximum absolute atomic E-state index is 5.64. The molecule has 21 heavy (non-hydrogen) atoms. The van der Waals surface area contributed by atoms with Crippen LogP contribution in [0.25, 0.3) is 0 Å². The fourth-order valence-corrected chi connectivity index (χ4v) is 2.30. The van der Waals surface area contributed by atoms with Gasteiger partial charge in [0, 0.05) is 31.0 Å². The van der Waals surface area contributed by atoms with Crippen LogP contribution < -0.4 is 10.1 Å². The lowest BCUT2D eigenvalue weighted by atomic mass is 10.1. The van der Waals surface area contributed by atoms with E-state index in [9.17, 15) is 0 Å². The van der Waals surface area contributed by atoms with Crippen LogP contribution in [0.5, 0.6) is 5.75 Å². The van der Waals surface area contributed by atoms with Crippen LogP contribution in [0, 0.1) is 0 Å². The third-order valence-corrected chi connectivity index (χ3v) is 3.19. The van der Waals surface area contributed by atoms with Gasteiger partial charge in [-0.25, -0.2) is 0 Å². The molecule has 1 aromatic heterocycles. The molecule has 0 radical (unpaired) electrons. The van der Waals surface area contributed by atoms with E-state index < -0.39 is 0 Å². The largest absolute Gasteiger partial charge is 0.491 e. The van der Waals surface area contributed by atoms with Crippen molar-refractivity contribution in [2.75, 3.05) is 5.32 Å². The predicted octanol–water partition coefficient (Wildman–Crippen LogP) is 3.94. The molecule has 114 valence electrons. The topological polar surface area (TPSA) is 39.1 Å². The molecule has 0 atom stereocenters. The van der Waals surface area contributed by atoms with Crippen LogP contribution in [0.4, 0.5) is 5.69 Å². The van der Waals surface area contributed by atoms with Crippen LogP contribution in [0.15, 0.2) is 30.5 Å². The Hall–Kier alpha value is -1.97. The highest BCUT2D eigenvalue weighted by Gasteiger charge is 2.10. The summed E-state index contributed by atoms with van der Waals surface area (Å²) in [7, 11) is 1.97. The lowest BCUT2D eigenvalue weighted by molar-refractivity contribution is 0.242. The summed E-state index contributed by atoms with van der Waals surface area (Å²) in [5, 5.41) is 7.97. The highest BCUT2D eigenvalue weighted by Crippen LogP contribution is 2.20. The van der Waals surface area contributed by atoms with Gasteiger partial charge in [0.2, 0.25) is 0 Å². The number of nitrogens with zero attached hydrogens (tertiary/aromatic N) is 2. The molecule has 4 nitrogen and oxygen atoms in total. The first kappa shape index (κ1) is 15.4. The summed E-state index contributed by atoms with van der Waals surface area (Å²) in [6.07, 6.45) is 2.28. The quantitative estimate of drug-likeness (QED) is 0.874. The number of ether oxygens (including phenoxy) is 1. The molecule has 0 saturated heterocycles. The summed E-state index contributed by atoms with van der Waals surface area (Å²) in [5.74, 6) is 1.34. The van der Waals surface area contributed by atoms with Gasteiger partial charge >= 0.3 is 0 Å². The predicted molar refractivity (Wildman–Crippen MR) is 86.8 cm³/mol. The molecule has 0 saturated carbocycles. The Morgan fingerprint density at radius 3 is 2.38 bits per heavy atom. The van der Waals surface area contributed by atoms with Gasteiger partial charge < -0.3 is 10.1 Å². The number of nitrogens with one attached hydrogen (secondary N) is 1. The van der Waals surface area contributed by atoms with Crippen molar-refractivity contribution in [1.82, 2.24) is 9.78 Å². The van der Waals surface area contributed by atoms with Gasteiger partial charge in [-0.05, 0) is 44.0 Å². The van der Waals surface area contributed by atoms with E-state index in [1.165, 1.54) is 5.56 Å². The number of rotatable bonds is 6. The summed E-state index contributed by atoms with van der Waals surface area (Å²) in [5.41, 5.74) is 3.49. The summed E-state index contributed by atoms with van der Waals surface area (Å²) in [6.45, 7) is 9.18. The Labute approximate surface area is 127 Å². The van der Waals surface area contributed by atoms with Crippen molar-refractivity contribution in [2.45, 2.75) is 46.3 Å². The Balaban J connectivity index is 2.00. The first-order valence-corrected chi connectivity index (χ1v) is 7.48. The monoisotopic (exact) mass is 287 g/mol. The van der Waals surface area contributed by atoms with Gasteiger partial charge in [0.1, 0.15) is 5.75 Å². The van der Waals surface area contributed by atoms with Crippen LogP contribution in [-0.4, -0.2) is 15.9 Å². The minimum absolute atomic E-state index is 0.202. The van der Waals surface area contributed by atoms with E-state index in [2.05, 4.69) is 30.5 Å². The van der Waals surface area contributed by atoms with Crippen molar-refractivity contribution in [2.24, 2.45) is 7.05 Å². The van der Waals surface area contributed by atoms with Crippen molar-refractivity contribution in [3.05, 3.63) is 41.7 Å². The highest BCUT2D eigenvalue weighted by atomic mass is 16.5. The van der Waals surface area contributed by atoms with Crippen LogP contribution in [0.1, 0.15) is 44.9 Å². The molecule has 1 heterocycles. The van der Waals surface area contributed by atoms with E-state index in [-0.39, 0.29) is 6.10 Å². The van der Waals surface area contributed by atoms with E-state index >= 15 is 0 Å². The van der Waals surface area contributed by atoms with Crippen molar-refractivity contribution in [3.8, 4) is 5.75 Å². The second-order valence-electron chi connectivity index (χ2n) is 5.91. The average Bonchev–Trinajstić information content (AvgIpc) is 2.79. The van der Waals surface area contributed by atoms with Gasteiger partial charge in [0.15, 0.2) is 0 Å². The number of anilines is 1. The molecule has 4 heteroatoms. The van der Waals surface area contributed by atoms with Gasteiger partial charge in [-0.1, -0.05) is 13.8 Å². The maximum Gasteiger partial charge on any atom is 0.119 e. The molecular weight excluding hydrogens is 262 g/mol. The van der Waals surface area contributed by atoms with E-state index in [0.29, 0.717) is 5.92 Å². The molecule has 2 rings (SSSR count). The van der Waals surface area contributed by atoms with E-state index in [4.69, 9.17) is 4.74 Å². The van der Waals surface area contributed by atoms with Crippen LogP contribution in [-0.2, 0) is 13.6 Å². The number of aromatic nitrogens is 2. The van der Waals surface area contributed by atoms with Gasteiger partial charge in [-0.2, -0.15) is 5.10 Å². The van der Waals surface area contributed by atoms with Gasteiger partial charge in [0.25, 0.3) is 0 Å². The lowest BCUT2D eigenvalue weighted by Crippen LogP contribution is -2.06. The second kappa shape index (κ2) is 6.66. The molecule has 0 unspecified atom stereocenters. The molecule has 0 amide bonds. The third kappa shape index (κ3) is 4.25. The number of benzene rings is 1. The van der Waals surface area contributed by atoms with Crippen molar-refractivity contribution in [1.29, 1.82) is 0 Å². The Bertz CT molecular complexity index is 570. The Morgan fingerprint density at radius 2 is 1.81 bits per heavy atom. The molecule has 0 aliphatic carbocycles. The minimum atomic E-state index is 0.202. The minimum Gasteiger partial charge on any atom is -0.491 e. The number of hydrogen-bond donors (Lipinski definition) is 1. The smallest absolute Gasteiger partial charge is 0.119 e. The Morgan fingerprint density at radius 1 is 1.14 bits per heavy atom. The summed E-state index contributed by atoms with van der Waals surface area (Å²) >= 11 is 0. The van der Waals surface area contributed by atoms with Crippen molar-refractivity contribution >= 4 is 5.69 Å². The van der Waals surface area contributed by atoms with Gasteiger partial charge in [0.05, 0.1) is 11.8 Å². The average molecular weight is 287 g/mol. The SMILES string of the molecule is CC(C)Oc1ccc(NCc2cn(C)nc2C(C)C)cc1. The zero-order chi connectivity index (χ0) is 15.4. The molecule has 0 bridgehead atoms. The number of aryl methyl sites for hydroxylation is 1. The molecule has 1 aromatic carbocycles. The number of hydrogen-bond acceptors (Lipinski definition) is 3. The zero-order valence-corrected chi connectivity index (χ0v) is 13.6. The standard InChI is InChI=1S/C17H25N3O/c1-12(2)17-14(11-20(5)19-17)10-18-15-6-8-16(9-7-15)21-13(3)4/h6-9,11-13,18H,10H2,1-5H3. The molecule has 0 fully saturated rings. The molecule has 0 aliphatic heterocycles. The van der Waals surface area contributed by atoms with Crippen molar-refractivity contribution < 1.29 is 4.74 Å². The summed E-state index contributed by atoms with van der Waals surface area (Å²) < 4.78 is 7.53. The van der Waals surface area contributed by atoms with Crippen LogP contribution >= 0.6 is 0 Å². The van der Waals surface area contributed by atoms with Crippen molar-refractivity contribution in [3.63, 3.8) is 0 Å². The lowest BCUT2D eigenvalue weighted by Gasteiger charge is -2.11. The maximum atomic E-state index is 5.64. The van der Waals surface area contributed by atoms with E-state index in [1.807, 2.05) is 49.8 Å². The van der Waals surface area contributed by atoms with E-state index in [1.54, 1.807) is 0 Å².